The molecule has 1 rings (SSSR count). The Morgan fingerprint density at radius 1 is 0.947 bits per heavy atom. The van der Waals surface area contributed by atoms with Crippen LogP contribution in [0.15, 0.2) is 8.42 Å². The lowest BCUT2D eigenvalue weighted by Gasteiger charge is -2.06. The zero-order valence-corrected chi connectivity index (χ0v) is 13.7. The average molecular weight is 320 g/mol. The third-order valence-corrected chi connectivity index (χ3v) is 5.60. The molecule has 0 saturated heterocycles. The van der Waals surface area contributed by atoms with E-state index in [0.717, 1.165) is 8.42 Å². The molecular weight excluding hydrogens is 304 g/mol. The van der Waals surface area contributed by atoms with Gasteiger partial charge in [-0.05, 0) is 26.4 Å². The van der Waals surface area contributed by atoms with E-state index in [1.165, 1.54) is 34.9 Å². The quantitative estimate of drug-likeness (QED) is 0.590. The van der Waals surface area contributed by atoms with Gasteiger partial charge in [0.05, 0.1) is 32.8 Å². The normalized spacial score (nSPS) is 10.3. The molecule has 0 aromatic carbocycles. The molecule has 0 bridgehead atoms. The summed E-state index contributed by atoms with van der Waals surface area (Å²) in [6.07, 6.45) is 3.74. The van der Waals surface area contributed by atoms with Gasteiger partial charge < -0.3 is 9.47 Å². The lowest BCUT2D eigenvalue weighted by molar-refractivity contribution is 0.0475. The predicted octanol–water partition coefficient (Wildman–Crippen LogP) is 3.55. The number of ether oxygens (including phenoxy) is 2. The van der Waals surface area contributed by atoms with Crippen LogP contribution in [0, 0.1) is 0 Å². The first kappa shape index (κ1) is 16.4. The van der Waals surface area contributed by atoms with Crippen LogP contribution in [-0.2, 0) is 9.47 Å². The summed E-state index contributed by atoms with van der Waals surface area (Å²) in [7, 11) is 0. The minimum Gasteiger partial charge on any atom is -0.462 e. The molecule has 7 heteroatoms. The molecule has 0 fully saturated rings. The summed E-state index contributed by atoms with van der Waals surface area (Å²) in [5.74, 6) is -0.932. The van der Waals surface area contributed by atoms with Crippen molar-refractivity contribution >= 4 is 46.8 Å². The van der Waals surface area contributed by atoms with Gasteiger partial charge in [0.1, 0.15) is 0 Å². The topological polar surface area (TPSA) is 52.6 Å². The minimum absolute atomic E-state index is 0.277. The van der Waals surface area contributed by atoms with Crippen LogP contribution in [0.5, 0.6) is 0 Å². The Morgan fingerprint density at radius 2 is 1.32 bits per heavy atom. The fourth-order valence-electron chi connectivity index (χ4n) is 1.46. The molecule has 0 atom stereocenters. The third kappa shape index (κ3) is 3.67. The maximum absolute atomic E-state index is 12.0. The van der Waals surface area contributed by atoms with Crippen molar-refractivity contribution in [2.75, 3.05) is 25.7 Å². The van der Waals surface area contributed by atoms with Crippen molar-refractivity contribution in [3.8, 4) is 0 Å². The highest BCUT2D eigenvalue weighted by Crippen LogP contribution is 2.40. The number of hydrogen-bond donors (Lipinski definition) is 0. The summed E-state index contributed by atoms with van der Waals surface area (Å²) < 4.78 is 11.6. The molecule has 0 unspecified atom stereocenters. The second-order valence-electron chi connectivity index (χ2n) is 3.28. The van der Waals surface area contributed by atoms with Crippen LogP contribution in [0.25, 0.3) is 0 Å². The molecule has 0 radical (unpaired) electrons. The SMILES string of the molecule is CCOC(=O)c1c(SC)sc(SC)c1C(=O)OCC. The molecule has 1 heterocycles. The van der Waals surface area contributed by atoms with Gasteiger partial charge in [0.25, 0.3) is 0 Å². The van der Waals surface area contributed by atoms with Crippen LogP contribution in [0.3, 0.4) is 0 Å². The smallest absolute Gasteiger partial charge is 0.341 e. The second-order valence-corrected chi connectivity index (χ2v) is 6.45. The van der Waals surface area contributed by atoms with E-state index in [-0.39, 0.29) is 13.2 Å². The Bertz CT molecular complexity index is 427. The second kappa shape index (κ2) is 7.81. The van der Waals surface area contributed by atoms with E-state index in [2.05, 4.69) is 0 Å². The first-order valence-electron chi connectivity index (χ1n) is 5.69. The summed E-state index contributed by atoms with van der Waals surface area (Å²) in [5, 5.41) is 0. The Hall–Kier alpha value is -0.660. The molecule has 0 aliphatic rings. The first-order chi connectivity index (χ1) is 9.10. The van der Waals surface area contributed by atoms with E-state index < -0.39 is 11.9 Å². The summed E-state index contributed by atoms with van der Waals surface area (Å²) in [6.45, 7) is 4.03. The van der Waals surface area contributed by atoms with E-state index in [4.69, 9.17) is 9.47 Å². The molecule has 0 aliphatic carbocycles. The monoisotopic (exact) mass is 320 g/mol. The van der Waals surface area contributed by atoms with Crippen LogP contribution in [-0.4, -0.2) is 37.7 Å². The Labute approximate surface area is 125 Å². The van der Waals surface area contributed by atoms with Crippen molar-refractivity contribution in [1.82, 2.24) is 0 Å². The number of carbonyl (C=O) groups is 2. The van der Waals surface area contributed by atoms with Crippen LogP contribution < -0.4 is 0 Å². The Kier molecular flexibility index (Phi) is 6.74. The fourth-order valence-corrected chi connectivity index (χ4v) is 4.30. The van der Waals surface area contributed by atoms with E-state index in [1.807, 2.05) is 12.5 Å². The lowest BCUT2D eigenvalue weighted by atomic mass is 10.2. The number of thioether (sulfide) groups is 2. The number of esters is 2. The highest BCUT2D eigenvalue weighted by Gasteiger charge is 2.29. The van der Waals surface area contributed by atoms with Crippen LogP contribution in [0.4, 0.5) is 0 Å². The number of hydrogen-bond acceptors (Lipinski definition) is 7. The van der Waals surface area contributed by atoms with E-state index >= 15 is 0 Å². The van der Waals surface area contributed by atoms with Gasteiger partial charge >= 0.3 is 11.9 Å². The Balaban J connectivity index is 3.34. The maximum Gasteiger partial charge on any atom is 0.341 e. The summed E-state index contributed by atoms with van der Waals surface area (Å²) in [5.41, 5.74) is 0.671. The molecule has 0 N–H and O–H groups in total. The molecule has 1 aromatic heterocycles. The molecular formula is C12H16O4S3. The van der Waals surface area contributed by atoms with Gasteiger partial charge in [-0.25, -0.2) is 9.59 Å². The van der Waals surface area contributed by atoms with Gasteiger partial charge in [-0.3, -0.25) is 0 Å². The van der Waals surface area contributed by atoms with Gasteiger partial charge in [0.15, 0.2) is 0 Å². The largest absolute Gasteiger partial charge is 0.462 e. The van der Waals surface area contributed by atoms with Gasteiger partial charge in [-0.2, -0.15) is 0 Å². The molecule has 0 aliphatic heterocycles. The number of thiophene rings is 1. The summed E-state index contributed by atoms with van der Waals surface area (Å²) in [6, 6.07) is 0. The van der Waals surface area contributed by atoms with Gasteiger partial charge in [0.2, 0.25) is 0 Å². The zero-order valence-electron chi connectivity index (χ0n) is 11.3. The standard InChI is InChI=1S/C12H16O4S3/c1-5-15-9(13)7-8(10(14)16-6-2)12(18-4)19-11(7)17-3/h5-6H2,1-4H3. The Morgan fingerprint density at radius 3 is 1.58 bits per heavy atom. The lowest BCUT2D eigenvalue weighted by Crippen LogP contribution is -2.13. The van der Waals surface area contributed by atoms with Crippen LogP contribution >= 0.6 is 34.9 Å². The van der Waals surface area contributed by atoms with Crippen molar-refractivity contribution < 1.29 is 19.1 Å². The highest BCUT2D eigenvalue weighted by molar-refractivity contribution is 8.02. The summed E-state index contributed by atoms with van der Waals surface area (Å²) in [4.78, 5) is 24.1. The molecule has 4 nitrogen and oxygen atoms in total. The van der Waals surface area contributed by atoms with Crippen molar-refractivity contribution in [2.24, 2.45) is 0 Å². The van der Waals surface area contributed by atoms with Gasteiger partial charge in [-0.15, -0.1) is 34.9 Å². The molecule has 106 valence electrons. The molecule has 0 spiro atoms. The van der Waals surface area contributed by atoms with Crippen molar-refractivity contribution in [3.05, 3.63) is 11.1 Å². The summed E-state index contributed by atoms with van der Waals surface area (Å²) >= 11 is 4.28. The first-order valence-corrected chi connectivity index (χ1v) is 8.96. The maximum atomic E-state index is 12.0. The third-order valence-electron chi connectivity index (χ3n) is 2.17. The zero-order chi connectivity index (χ0) is 14.4. The van der Waals surface area contributed by atoms with E-state index in [9.17, 15) is 9.59 Å². The van der Waals surface area contributed by atoms with Crippen molar-refractivity contribution in [1.29, 1.82) is 0 Å². The molecule has 19 heavy (non-hydrogen) atoms. The van der Waals surface area contributed by atoms with E-state index in [1.54, 1.807) is 13.8 Å². The van der Waals surface area contributed by atoms with E-state index in [0.29, 0.717) is 11.1 Å². The highest BCUT2D eigenvalue weighted by atomic mass is 32.2. The molecule has 0 saturated carbocycles. The molecule has 1 aromatic rings. The molecule has 0 amide bonds. The fraction of sp³-hybridized carbons (Fsp3) is 0.500. The van der Waals surface area contributed by atoms with Gasteiger partial charge in [-0.1, -0.05) is 0 Å². The predicted molar refractivity (Wildman–Crippen MR) is 79.8 cm³/mol. The van der Waals surface area contributed by atoms with Crippen molar-refractivity contribution in [2.45, 2.75) is 22.3 Å². The number of carbonyl (C=O) groups excluding carboxylic acids is 2. The average Bonchev–Trinajstić information content (AvgIpc) is 2.77. The van der Waals surface area contributed by atoms with Crippen molar-refractivity contribution in [3.63, 3.8) is 0 Å². The van der Waals surface area contributed by atoms with Crippen LogP contribution in [0.2, 0.25) is 0 Å². The van der Waals surface area contributed by atoms with Gasteiger partial charge in [0, 0.05) is 0 Å². The number of rotatable bonds is 6. The minimum atomic E-state index is -0.466. The van der Waals surface area contributed by atoms with Crippen LogP contribution in [0.1, 0.15) is 34.6 Å².